The number of unbranched alkanes of at least 4 members (excludes halogenated alkanes) is 29. The number of aliphatic hydroxyl groups excluding tert-OH is 1. The highest BCUT2D eigenvalue weighted by atomic mass is 31.2. The number of carbonyl (C=O) groups excluding carboxylic acids is 4. The van der Waals surface area contributed by atoms with E-state index in [1.54, 1.807) is 0 Å². The highest BCUT2D eigenvalue weighted by molar-refractivity contribution is 7.47. The van der Waals surface area contributed by atoms with Gasteiger partial charge < -0.3 is 33.8 Å². The van der Waals surface area contributed by atoms with Crippen LogP contribution in [0.1, 0.15) is 331 Å². The average molecular weight is 1280 g/mol. The third-order valence-corrected chi connectivity index (χ3v) is 18.2. The number of phosphoric acid groups is 2. The van der Waals surface area contributed by atoms with Crippen LogP contribution in [0.25, 0.3) is 0 Å². The maximum Gasteiger partial charge on any atom is 0.472 e. The van der Waals surface area contributed by atoms with E-state index in [0.717, 1.165) is 114 Å². The molecule has 0 saturated heterocycles. The quantitative estimate of drug-likeness (QED) is 0.0222. The fraction of sp³-hybridized carbons (Fsp3) is 0.941. The third kappa shape index (κ3) is 60.1. The van der Waals surface area contributed by atoms with E-state index in [4.69, 9.17) is 37.0 Å². The number of rotatable bonds is 65. The fourth-order valence-corrected chi connectivity index (χ4v) is 11.7. The summed E-state index contributed by atoms with van der Waals surface area (Å²) in [6.07, 6.45) is 39.1. The van der Waals surface area contributed by atoms with Crippen molar-refractivity contribution in [1.82, 2.24) is 0 Å². The van der Waals surface area contributed by atoms with Gasteiger partial charge in [0.1, 0.15) is 19.3 Å². The van der Waals surface area contributed by atoms with E-state index >= 15 is 0 Å². The van der Waals surface area contributed by atoms with Crippen LogP contribution in [-0.2, 0) is 65.4 Å². The van der Waals surface area contributed by atoms with E-state index in [1.807, 2.05) is 0 Å². The Morgan fingerprint density at radius 1 is 0.322 bits per heavy atom. The van der Waals surface area contributed by atoms with Crippen LogP contribution in [0.2, 0.25) is 0 Å². The van der Waals surface area contributed by atoms with Gasteiger partial charge in [-0.05, 0) is 49.4 Å². The number of carbonyl (C=O) groups is 4. The van der Waals surface area contributed by atoms with Gasteiger partial charge in [-0.2, -0.15) is 0 Å². The van der Waals surface area contributed by atoms with E-state index in [-0.39, 0.29) is 25.7 Å². The molecule has 0 spiro atoms. The largest absolute Gasteiger partial charge is 0.472 e. The minimum Gasteiger partial charge on any atom is -0.462 e. The van der Waals surface area contributed by atoms with E-state index in [2.05, 4.69) is 55.4 Å². The summed E-state index contributed by atoms with van der Waals surface area (Å²) in [6.45, 7) is 14.0. The Kier molecular flexibility index (Phi) is 56.6. The first kappa shape index (κ1) is 85.1. The van der Waals surface area contributed by atoms with Crippen molar-refractivity contribution in [3.8, 4) is 0 Å². The number of phosphoric ester groups is 2. The lowest BCUT2D eigenvalue weighted by Gasteiger charge is -2.21. The molecule has 0 aromatic rings. The van der Waals surface area contributed by atoms with Crippen LogP contribution in [0.3, 0.4) is 0 Å². The van der Waals surface area contributed by atoms with Crippen LogP contribution >= 0.6 is 15.6 Å². The molecule has 17 nitrogen and oxygen atoms in total. The van der Waals surface area contributed by atoms with Gasteiger partial charge in [0.05, 0.1) is 26.4 Å². The summed E-state index contributed by atoms with van der Waals surface area (Å²) in [7, 11) is -9.90. The molecular weight excluding hydrogens is 1150 g/mol. The lowest BCUT2D eigenvalue weighted by molar-refractivity contribution is -0.161. The van der Waals surface area contributed by atoms with Gasteiger partial charge >= 0.3 is 39.5 Å². The van der Waals surface area contributed by atoms with Gasteiger partial charge in [0.2, 0.25) is 0 Å². The Bertz CT molecular complexity index is 1730. The molecule has 516 valence electrons. The van der Waals surface area contributed by atoms with E-state index in [9.17, 15) is 43.2 Å². The number of ether oxygens (including phenoxy) is 4. The summed E-state index contributed by atoms with van der Waals surface area (Å²) in [5, 5.41) is 10.6. The second kappa shape index (κ2) is 57.9. The lowest BCUT2D eigenvalue weighted by Crippen LogP contribution is -2.30. The Morgan fingerprint density at radius 2 is 0.552 bits per heavy atom. The van der Waals surface area contributed by atoms with Gasteiger partial charge in [-0.3, -0.25) is 37.3 Å². The SMILES string of the molecule is CCC(C)CCCCCCCCCCC(=O)O[C@H](COC(=O)CCCCCCCCC(C)C)COP(=O)(O)OC[C@H](O)COP(=O)(O)OC[C@@H](COC(=O)CCCCCCCCCCCCCCCC(C)C)OC(=O)CCCCCCCCC(C)CC. The second-order valence-electron chi connectivity index (χ2n) is 26.0. The van der Waals surface area contributed by atoms with Crippen LogP contribution < -0.4 is 0 Å². The van der Waals surface area contributed by atoms with Crippen LogP contribution in [0.4, 0.5) is 0 Å². The third-order valence-electron chi connectivity index (χ3n) is 16.3. The average Bonchev–Trinajstić information content (AvgIpc) is 3.69. The van der Waals surface area contributed by atoms with Crippen molar-refractivity contribution in [2.45, 2.75) is 350 Å². The lowest BCUT2D eigenvalue weighted by atomic mass is 9.99. The second-order valence-corrected chi connectivity index (χ2v) is 28.9. The molecule has 0 aliphatic carbocycles. The first-order valence-corrected chi connectivity index (χ1v) is 38.3. The normalized spacial score (nSPS) is 15.0. The molecule has 87 heavy (non-hydrogen) atoms. The molecular formula is C68H132O17P2. The molecule has 7 atom stereocenters. The van der Waals surface area contributed by atoms with Crippen molar-refractivity contribution in [3.05, 3.63) is 0 Å². The van der Waals surface area contributed by atoms with E-state index in [0.29, 0.717) is 31.6 Å². The maximum absolute atomic E-state index is 13.0. The zero-order valence-corrected chi connectivity index (χ0v) is 58.4. The fourth-order valence-electron chi connectivity index (χ4n) is 10.1. The Hall–Kier alpha value is -1.94. The predicted molar refractivity (Wildman–Crippen MR) is 349 cm³/mol. The number of hydrogen-bond donors (Lipinski definition) is 3. The summed E-state index contributed by atoms with van der Waals surface area (Å²) in [4.78, 5) is 72.4. The predicted octanol–water partition coefficient (Wildman–Crippen LogP) is 18.9. The molecule has 0 aliphatic heterocycles. The van der Waals surface area contributed by atoms with Crippen molar-refractivity contribution in [1.29, 1.82) is 0 Å². The molecule has 0 radical (unpaired) electrons. The standard InChI is InChI=1S/C68H132O17P2/c1-9-60(7)46-38-30-21-18-19-23-34-42-50-67(72)84-63(55-79-66(71)49-41-33-26-24-29-37-45-59(5)6)56-82-86(74,75)80-52-62(69)53-81-87(76,77)83-57-64(85-68(73)51-43-35-27-25-31-39-47-61(8)10-2)54-78-65(70)48-40-32-22-17-15-13-11-12-14-16-20-28-36-44-58(3)4/h58-64,69H,9-57H2,1-8H3,(H,74,75)(H,76,77)/t60?,61?,62-,63+,64+/m0/s1. The van der Waals surface area contributed by atoms with Crippen molar-refractivity contribution >= 4 is 39.5 Å². The molecule has 0 aromatic carbocycles. The minimum atomic E-state index is -4.95. The highest BCUT2D eigenvalue weighted by Crippen LogP contribution is 2.45. The first-order chi connectivity index (χ1) is 41.7. The molecule has 0 saturated carbocycles. The molecule has 0 rings (SSSR count). The summed E-state index contributed by atoms with van der Waals surface area (Å²) in [5.41, 5.74) is 0. The molecule has 19 heteroatoms. The Labute approximate surface area is 530 Å². The summed E-state index contributed by atoms with van der Waals surface area (Å²) in [6, 6.07) is 0. The molecule has 0 fully saturated rings. The highest BCUT2D eigenvalue weighted by Gasteiger charge is 2.30. The molecule has 0 bridgehead atoms. The molecule has 0 heterocycles. The van der Waals surface area contributed by atoms with E-state index < -0.39 is 97.5 Å². The van der Waals surface area contributed by atoms with Crippen LogP contribution in [0, 0.1) is 23.7 Å². The smallest absolute Gasteiger partial charge is 0.462 e. The molecule has 4 unspecified atom stereocenters. The minimum absolute atomic E-state index is 0.102. The van der Waals surface area contributed by atoms with Gasteiger partial charge in [0.15, 0.2) is 12.2 Å². The number of esters is 4. The molecule has 3 N–H and O–H groups in total. The van der Waals surface area contributed by atoms with Crippen molar-refractivity contribution in [2.24, 2.45) is 23.7 Å². The topological polar surface area (TPSA) is 237 Å². The van der Waals surface area contributed by atoms with Gasteiger partial charge in [0, 0.05) is 25.7 Å². The molecule has 0 aliphatic rings. The Balaban J connectivity index is 5.22. The Morgan fingerprint density at radius 3 is 0.816 bits per heavy atom. The maximum atomic E-state index is 13.0. The number of aliphatic hydroxyl groups is 1. The number of hydrogen-bond acceptors (Lipinski definition) is 15. The van der Waals surface area contributed by atoms with Gasteiger partial charge in [-0.15, -0.1) is 0 Å². The zero-order chi connectivity index (χ0) is 64.7. The van der Waals surface area contributed by atoms with Gasteiger partial charge in [-0.1, -0.05) is 280 Å². The monoisotopic (exact) mass is 1280 g/mol. The molecule has 0 amide bonds. The summed E-state index contributed by atoms with van der Waals surface area (Å²) in [5.74, 6) is 0.822. The zero-order valence-electron chi connectivity index (χ0n) is 56.6. The molecule has 0 aromatic heterocycles. The first-order valence-electron chi connectivity index (χ1n) is 35.3. The summed E-state index contributed by atoms with van der Waals surface area (Å²) < 4.78 is 68.1. The van der Waals surface area contributed by atoms with Crippen LogP contribution in [0.15, 0.2) is 0 Å². The van der Waals surface area contributed by atoms with Crippen molar-refractivity contribution in [2.75, 3.05) is 39.6 Å². The van der Waals surface area contributed by atoms with Gasteiger partial charge in [-0.25, -0.2) is 9.13 Å². The van der Waals surface area contributed by atoms with Gasteiger partial charge in [0.25, 0.3) is 0 Å². The van der Waals surface area contributed by atoms with Crippen LogP contribution in [-0.4, -0.2) is 96.7 Å². The van der Waals surface area contributed by atoms with Crippen LogP contribution in [0.5, 0.6) is 0 Å². The van der Waals surface area contributed by atoms with E-state index in [1.165, 1.54) is 128 Å². The van der Waals surface area contributed by atoms with Crippen molar-refractivity contribution in [3.63, 3.8) is 0 Å². The summed E-state index contributed by atoms with van der Waals surface area (Å²) >= 11 is 0. The van der Waals surface area contributed by atoms with Crippen molar-refractivity contribution < 1.29 is 80.2 Å².